The van der Waals surface area contributed by atoms with E-state index in [0.717, 1.165) is 48.4 Å². The van der Waals surface area contributed by atoms with Crippen LogP contribution in [0, 0.1) is 30.4 Å². The van der Waals surface area contributed by atoms with Gasteiger partial charge in [0.05, 0.1) is 17.0 Å². The molecule has 1 amide bonds. The zero-order valence-electron chi connectivity index (χ0n) is 25.5. The maximum atomic E-state index is 14.1. The lowest BCUT2D eigenvalue weighted by Crippen LogP contribution is -2.17. The quantitative estimate of drug-likeness (QED) is 0.316. The van der Waals surface area contributed by atoms with E-state index in [0.29, 0.717) is 17.5 Å². The largest absolute Gasteiger partial charge is 0.333 e. The molecule has 0 aromatic heterocycles. The number of hydrogen-bond donors (Lipinski definition) is 2. The lowest BCUT2D eigenvalue weighted by Gasteiger charge is -2.27. The van der Waals surface area contributed by atoms with Crippen molar-refractivity contribution < 1.29 is 17.5 Å². The summed E-state index contributed by atoms with van der Waals surface area (Å²) in [5.74, 6) is 0.497. The topological polar surface area (TPSA) is 55.1 Å². The summed E-state index contributed by atoms with van der Waals surface area (Å²) in [7, 11) is 1.50. The number of aryl methyl sites for hydroxylation is 2. The molecule has 0 atom stereocenters. The van der Waals surface area contributed by atoms with Gasteiger partial charge in [-0.1, -0.05) is 39.0 Å². The van der Waals surface area contributed by atoms with E-state index in [1.54, 1.807) is 6.07 Å². The molecule has 4 rings (SSSR count). The molecule has 0 saturated heterocycles. The van der Waals surface area contributed by atoms with Gasteiger partial charge < -0.3 is 11.1 Å². The summed E-state index contributed by atoms with van der Waals surface area (Å²) in [4.78, 5) is 11.4. The summed E-state index contributed by atoms with van der Waals surface area (Å²) in [6.45, 7) is 18.1. The fraction of sp³-hybridized carbons (Fsp3) is 0.441. The fourth-order valence-electron chi connectivity index (χ4n) is 4.61. The van der Waals surface area contributed by atoms with Crippen LogP contribution >= 0.6 is 12.1 Å². The van der Waals surface area contributed by atoms with E-state index in [2.05, 4.69) is 56.8 Å². The standard InChI is InChI=1S/C18H25F.C11H9F2NOS.C2H6.C2H4.CH5N/c1-4-14-6-8-15(9-7-14)11-17-10-13(3)16(5-2)12-18(17)19;12-9-5-4-8(6-10(9)16-13)14-11(15)7-2-1-3-7;3*1-2/h4,10,12,14-15H,1,5-9,11H2,2-3H3;2,4-6H,1,3H2,(H,14,15);1-2H3;1-2H2;2H2,1H3. The van der Waals surface area contributed by atoms with Crippen molar-refractivity contribution in [2.24, 2.45) is 17.6 Å². The Morgan fingerprint density at radius 2 is 1.66 bits per heavy atom. The molecule has 3 N–H and O–H groups in total. The Kier molecular flexibility index (Phi) is 20.4. The van der Waals surface area contributed by atoms with E-state index in [1.165, 1.54) is 50.4 Å². The van der Waals surface area contributed by atoms with Crippen LogP contribution in [0.4, 0.5) is 18.4 Å². The summed E-state index contributed by atoms with van der Waals surface area (Å²) in [5, 5.41) is 2.59. The number of anilines is 1. The molecule has 2 aliphatic carbocycles. The Balaban J connectivity index is 0.000000666. The second-order valence-corrected chi connectivity index (χ2v) is 9.98. The van der Waals surface area contributed by atoms with Crippen LogP contribution in [-0.4, -0.2) is 13.0 Å². The predicted molar refractivity (Wildman–Crippen MR) is 172 cm³/mol. The van der Waals surface area contributed by atoms with E-state index >= 15 is 0 Å². The molecule has 41 heavy (non-hydrogen) atoms. The maximum absolute atomic E-state index is 14.1. The van der Waals surface area contributed by atoms with Crippen LogP contribution in [0.25, 0.3) is 0 Å². The van der Waals surface area contributed by atoms with Gasteiger partial charge in [0.2, 0.25) is 0 Å². The van der Waals surface area contributed by atoms with Gasteiger partial charge in [-0.15, -0.1) is 19.7 Å². The monoisotopic (exact) mass is 590 g/mol. The van der Waals surface area contributed by atoms with Gasteiger partial charge >= 0.3 is 0 Å². The van der Waals surface area contributed by atoms with Crippen LogP contribution in [0.1, 0.15) is 76.0 Å². The number of allylic oxidation sites excluding steroid dienone is 2. The molecule has 1 saturated carbocycles. The van der Waals surface area contributed by atoms with E-state index in [1.807, 2.05) is 19.9 Å². The molecule has 0 heterocycles. The number of nitrogens with two attached hydrogens (primary N) is 1. The molecule has 2 aromatic carbocycles. The average molecular weight is 591 g/mol. The number of benzene rings is 2. The number of carbonyl (C=O) groups excluding carboxylic acids is 1. The first-order chi connectivity index (χ1) is 19.8. The molecule has 3 nitrogen and oxygen atoms in total. The van der Waals surface area contributed by atoms with Gasteiger partial charge in [0.1, 0.15) is 11.6 Å². The Bertz CT molecular complexity index is 1100. The maximum Gasteiger partial charge on any atom is 0.251 e. The van der Waals surface area contributed by atoms with Gasteiger partial charge in [-0.2, -0.15) is 3.89 Å². The lowest BCUT2D eigenvalue weighted by molar-refractivity contribution is -0.113. The van der Waals surface area contributed by atoms with Gasteiger partial charge in [0.15, 0.2) is 0 Å². The van der Waals surface area contributed by atoms with Crippen LogP contribution in [0.5, 0.6) is 0 Å². The van der Waals surface area contributed by atoms with Gasteiger partial charge in [0.25, 0.3) is 5.91 Å². The second-order valence-electron chi connectivity index (χ2n) is 9.39. The summed E-state index contributed by atoms with van der Waals surface area (Å²) in [6, 6.07) is 7.61. The third-order valence-corrected chi connectivity index (χ3v) is 7.47. The van der Waals surface area contributed by atoms with Crippen LogP contribution in [-0.2, 0) is 17.6 Å². The minimum Gasteiger partial charge on any atom is -0.333 e. The first kappa shape index (κ1) is 38.2. The van der Waals surface area contributed by atoms with Crippen molar-refractivity contribution in [3.63, 3.8) is 0 Å². The molecular weight excluding hydrogens is 541 g/mol. The molecule has 7 heteroatoms. The van der Waals surface area contributed by atoms with Crippen LogP contribution < -0.4 is 11.1 Å². The highest BCUT2D eigenvalue weighted by Crippen LogP contribution is 2.32. The van der Waals surface area contributed by atoms with Crippen molar-refractivity contribution in [3.05, 3.63) is 96.1 Å². The normalized spacial score (nSPS) is 16.7. The Morgan fingerprint density at radius 3 is 2.15 bits per heavy atom. The van der Waals surface area contributed by atoms with Crippen molar-refractivity contribution in [1.82, 2.24) is 0 Å². The molecule has 0 spiro atoms. The minimum atomic E-state index is -0.631. The highest BCUT2D eigenvalue weighted by molar-refractivity contribution is 7.94. The van der Waals surface area contributed by atoms with Gasteiger partial charge in [-0.3, -0.25) is 4.79 Å². The van der Waals surface area contributed by atoms with Gasteiger partial charge in [0, 0.05) is 11.3 Å². The average Bonchev–Trinajstić information content (AvgIpc) is 2.98. The number of rotatable bonds is 7. The van der Waals surface area contributed by atoms with Gasteiger partial charge in [-0.25, -0.2) is 8.78 Å². The van der Waals surface area contributed by atoms with Crippen molar-refractivity contribution >= 4 is 23.7 Å². The Morgan fingerprint density at radius 1 is 1.05 bits per heavy atom. The van der Waals surface area contributed by atoms with Crippen molar-refractivity contribution in [1.29, 1.82) is 0 Å². The molecule has 0 unspecified atom stereocenters. The molecule has 0 radical (unpaired) electrons. The number of amides is 1. The van der Waals surface area contributed by atoms with Crippen LogP contribution in [0.15, 0.2) is 72.7 Å². The fourth-order valence-corrected chi connectivity index (χ4v) is 4.92. The molecule has 1 fully saturated rings. The summed E-state index contributed by atoms with van der Waals surface area (Å²) < 4.78 is 39.3. The molecule has 228 valence electrons. The van der Waals surface area contributed by atoms with E-state index in [4.69, 9.17) is 0 Å². The first-order valence-corrected chi connectivity index (χ1v) is 15.1. The van der Waals surface area contributed by atoms with Crippen LogP contribution in [0.3, 0.4) is 0 Å². The summed E-state index contributed by atoms with van der Waals surface area (Å²) in [5.41, 5.74) is 8.91. The van der Waals surface area contributed by atoms with Crippen molar-refractivity contribution in [2.75, 3.05) is 12.4 Å². The van der Waals surface area contributed by atoms with Crippen molar-refractivity contribution in [2.45, 2.75) is 84.0 Å². The smallest absolute Gasteiger partial charge is 0.251 e. The molecule has 0 aliphatic heterocycles. The Hall–Kier alpha value is -2.77. The van der Waals surface area contributed by atoms with Crippen molar-refractivity contribution in [3.8, 4) is 0 Å². The van der Waals surface area contributed by atoms with Gasteiger partial charge in [-0.05, 0) is 118 Å². The third-order valence-electron chi connectivity index (χ3n) is 6.99. The number of nitrogens with one attached hydrogen (secondary N) is 1. The highest BCUT2D eigenvalue weighted by atomic mass is 32.2. The minimum absolute atomic E-state index is 0.00621. The zero-order valence-corrected chi connectivity index (χ0v) is 26.3. The van der Waals surface area contributed by atoms with Crippen LogP contribution in [0.2, 0.25) is 0 Å². The molecular formula is C34H49F3N2OS. The Labute approximate surface area is 250 Å². The first-order valence-electron chi connectivity index (χ1n) is 14.4. The molecule has 2 aliphatic rings. The second kappa shape index (κ2) is 21.9. The SMILES string of the molecule is C=C.C=CC1CCC(Cc2cc(C)c(CC)cc2F)CC1.CC.CN.O=C(Nc1ccc(F)c(SF)c1)C1=CCC1. The molecule has 0 bridgehead atoms. The lowest BCUT2D eigenvalue weighted by atomic mass is 9.79. The number of hydrogen-bond acceptors (Lipinski definition) is 3. The van der Waals surface area contributed by atoms with E-state index in [-0.39, 0.29) is 28.8 Å². The molecule has 2 aromatic rings. The summed E-state index contributed by atoms with van der Waals surface area (Å²) >= 11 is -0.176. The van der Waals surface area contributed by atoms with E-state index in [9.17, 15) is 17.5 Å². The van der Waals surface area contributed by atoms with E-state index < -0.39 is 5.82 Å². The number of carbonyl (C=O) groups is 1. The third kappa shape index (κ3) is 12.7. The number of halogens is 3. The highest BCUT2D eigenvalue weighted by Gasteiger charge is 2.21. The predicted octanol–water partition coefficient (Wildman–Crippen LogP) is 10.1. The zero-order chi connectivity index (χ0) is 31.4. The summed E-state index contributed by atoms with van der Waals surface area (Å²) in [6.07, 6.45) is 12.3.